The van der Waals surface area contributed by atoms with Crippen molar-refractivity contribution in [1.82, 2.24) is 0 Å². The standard InChI is InChI=1S/C8H11NO3/c1-5(10)7(11)3-4-8(9-2)6(7)12-8/h3-6,10-11H,2H2,1H3. The van der Waals surface area contributed by atoms with Gasteiger partial charge in [-0.2, -0.15) is 0 Å². The summed E-state index contributed by atoms with van der Waals surface area (Å²) < 4.78 is 5.14. The number of aliphatic hydroxyl groups is 2. The Morgan fingerprint density at radius 2 is 2.33 bits per heavy atom. The fourth-order valence-corrected chi connectivity index (χ4v) is 1.58. The monoisotopic (exact) mass is 169 g/mol. The zero-order valence-corrected chi connectivity index (χ0v) is 6.77. The molecule has 2 aliphatic rings. The highest BCUT2D eigenvalue weighted by atomic mass is 16.6. The summed E-state index contributed by atoms with van der Waals surface area (Å²) in [4.78, 5) is 3.74. The van der Waals surface area contributed by atoms with Gasteiger partial charge < -0.3 is 14.9 Å². The Bertz CT molecular complexity index is 263. The van der Waals surface area contributed by atoms with Crippen LogP contribution in [0.2, 0.25) is 0 Å². The van der Waals surface area contributed by atoms with Crippen LogP contribution in [0.1, 0.15) is 6.92 Å². The summed E-state index contributed by atoms with van der Waals surface area (Å²) in [5.41, 5.74) is -2.05. The van der Waals surface area contributed by atoms with Gasteiger partial charge in [0.05, 0.1) is 6.10 Å². The normalized spacial score (nSPS) is 51.8. The maximum atomic E-state index is 9.83. The molecule has 0 spiro atoms. The summed E-state index contributed by atoms with van der Waals surface area (Å²) in [6, 6.07) is 0. The summed E-state index contributed by atoms with van der Waals surface area (Å²) >= 11 is 0. The first-order valence-corrected chi connectivity index (χ1v) is 3.82. The fraction of sp³-hybridized carbons (Fsp3) is 0.625. The molecule has 2 rings (SSSR count). The van der Waals surface area contributed by atoms with Crippen LogP contribution in [0.4, 0.5) is 0 Å². The van der Waals surface area contributed by atoms with Gasteiger partial charge in [0.1, 0.15) is 11.7 Å². The molecule has 0 amide bonds. The minimum absolute atomic E-state index is 0.456. The molecule has 2 N–H and O–H groups in total. The van der Waals surface area contributed by atoms with Crippen LogP contribution in [0.25, 0.3) is 0 Å². The van der Waals surface area contributed by atoms with Crippen molar-refractivity contribution >= 4 is 6.72 Å². The van der Waals surface area contributed by atoms with Crippen LogP contribution in [0.3, 0.4) is 0 Å². The van der Waals surface area contributed by atoms with Crippen LogP contribution in [0, 0.1) is 0 Å². The van der Waals surface area contributed by atoms with Gasteiger partial charge in [-0.05, 0) is 25.8 Å². The molecule has 0 aromatic carbocycles. The molecule has 4 atom stereocenters. The first-order chi connectivity index (χ1) is 5.55. The van der Waals surface area contributed by atoms with E-state index in [1.807, 2.05) is 0 Å². The van der Waals surface area contributed by atoms with Gasteiger partial charge in [-0.1, -0.05) is 0 Å². The van der Waals surface area contributed by atoms with Crippen molar-refractivity contribution < 1.29 is 14.9 Å². The second kappa shape index (κ2) is 1.96. The van der Waals surface area contributed by atoms with E-state index < -0.39 is 23.5 Å². The lowest BCUT2D eigenvalue weighted by atomic mass is 9.96. The average molecular weight is 169 g/mol. The molecule has 1 fully saturated rings. The van der Waals surface area contributed by atoms with Gasteiger partial charge in [0.25, 0.3) is 0 Å². The number of hydrogen-bond donors (Lipinski definition) is 2. The molecule has 0 aromatic heterocycles. The molecule has 1 saturated heterocycles. The number of rotatable bonds is 2. The van der Waals surface area contributed by atoms with Gasteiger partial charge in [-0.3, -0.25) is 4.99 Å². The maximum absolute atomic E-state index is 9.83. The molecular weight excluding hydrogens is 158 g/mol. The van der Waals surface area contributed by atoms with Crippen LogP contribution in [0.15, 0.2) is 17.1 Å². The highest BCUT2D eigenvalue weighted by molar-refractivity contribution is 5.40. The smallest absolute Gasteiger partial charge is 0.207 e. The zero-order valence-electron chi connectivity index (χ0n) is 6.77. The van der Waals surface area contributed by atoms with Crippen LogP contribution in [0.5, 0.6) is 0 Å². The SMILES string of the molecule is C=NC12C=CC(O)(C(C)O)C1O2. The second-order valence-corrected chi connectivity index (χ2v) is 3.30. The minimum atomic E-state index is -1.29. The van der Waals surface area contributed by atoms with Crippen molar-refractivity contribution in [2.75, 3.05) is 0 Å². The number of aliphatic imine (C=N–C) groups is 1. The number of hydrogen-bond acceptors (Lipinski definition) is 4. The zero-order chi connectivity index (χ0) is 8.98. The van der Waals surface area contributed by atoms with E-state index in [0.29, 0.717) is 0 Å². The molecule has 4 heteroatoms. The maximum Gasteiger partial charge on any atom is 0.207 e. The van der Waals surface area contributed by atoms with E-state index in [4.69, 9.17) is 4.74 Å². The molecule has 12 heavy (non-hydrogen) atoms. The minimum Gasteiger partial charge on any atom is -0.390 e. The predicted octanol–water partition coefficient (Wildman–Crippen LogP) is -0.536. The van der Waals surface area contributed by atoms with Crippen molar-refractivity contribution in [3.05, 3.63) is 12.2 Å². The lowest BCUT2D eigenvalue weighted by Crippen LogP contribution is -2.43. The molecule has 1 heterocycles. The first-order valence-electron chi connectivity index (χ1n) is 3.82. The Morgan fingerprint density at radius 3 is 2.58 bits per heavy atom. The molecular formula is C8H11NO3. The Balaban J connectivity index is 2.27. The number of epoxide rings is 1. The lowest BCUT2D eigenvalue weighted by Gasteiger charge is -2.23. The third-order valence-corrected chi connectivity index (χ3v) is 2.55. The number of ether oxygens (including phenoxy) is 1. The van der Waals surface area contributed by atoms with E-state index in [9.17, 15) is 10.2 Å². The van der Waals surface area contributed by atoms with Crippen LogP contribution >= 0.6 is 0 Å². The van der Waals surface area contributed by atoms with E-state index in [2.05, 4.69) is 11.7 Å². The summed E-state index contributed by atoms with van der Waals surface area (Å²) in [5.74, 6) is 0. The van der Waals surface area contributed by atoms with Gasteiger partial charge >= 0.3 is 0 Å². The second-order valence-electron chi connectivity index (χ2n) is 3.30. The van der Waals surface area contributed by atoms with Crippen LogP contribution in [-0.4, -0.2) is 40.5 Å². The van der Waals surface area contributed by atoms with Gasteiger partial charge in [0, 0.05) is 0 Å². The van der Waals surface area contributed by atoms with E-state index in [1.54, 1.807) is 6.08 Å². The summed E-state index contributed by atoms with van der Waals surface area (Å²) in [5, 5.41) is 19.1. The van der Waals surface area contributed by atoms with Gasteiger partial charge in [-0.15, -0.1) is 0 Å². The quantitative estimate of drug-likeness (QED) is 0.331. The van der Waals surface area contributed by atoms with E-state index >= 15 is 0 Å². The lowest BCUT2D eigenvalue weighted by molar-refractivity contribution is -0.0459. The largest absolute Gasteiger partial charge is 0.390 e. The predicted molar refractivity (Wildman–Crippen MR) is 42.9 cm³/mol. The Labute approximate surface area is 70.2 Å². The Kier molecular flexibility index (Phi) is 1.29. The fourth-order valence-electron chi connectivity index (χ4n) is 1.58. The average Bonchev–Trinajstić information content (AvgIpc) is 2.70. The van der Waals surface area contributed by atoms with Crippen molar-refractivity contribution in [3.8, 4) is 0 Å². The van der Waals surface area contributed by atoms with E-state index in [-0.39, 0.29) is 0 Å². The molecule has 0 bridgehead atoms. The van der Waals surface area contributed by atoms with Gasteiger partial charge in [0.15, 0.2) is 0 Å². The van der Waals surface area contributed by atoms with Crippen molar-refractivity contribution in [2.45, 2.75) is 30.5 Å². The van der Waals surface area contributed by atoms with Crippen molar-refractivity contribution in [2.24, 2.45) is 4.99 Å². The summed E-state index contributed by atoms with van der Waals surface area (Å²) in [7, 11) is 0. The molecule has 0 aromatic rings. The van der Waals surface area contributed by atoms with Crippen molar-refractivity contribution in [3.63, 3.8) is 0 Å². The Hall–Kier alpha value is -0.710. The molecule has 0 saturated carbocycles. The first kappa shape index (κ1) is 7.91. The Morgan fingerprint density at radius 1 is 1.67 bits per heavy atom. The highest BCUT2D eigenvalue weighted by Crippen LogP contribution is 2.52. The number of aliphatic hydroxyl groups excluding tert-OH is 1. The van der Waals surface area contributed by atoms with E-state index in [0.717, 1.165) is 0 Å². The van der Waals surface area contributed by atoms with Gasteiger partial charge in [-0.25, -0.2) is 0 Å². The van der Waals surface area contributed by atoms with Gasteiger partial charge in [0.2, 0.25) is 5.72 Å². The van der Waals surface area contributed by atoms with Crippen LogP contribution in [-0.2, 0) is 4.74 Å². The summed E-state index contributed by atoms with van der Waals surface area (Å²) in [6.07, 6.45) is 1.85. The molecule has 66 valence electrons. The molecule has 1 aliphatic heterocycles. The van der Waals surface area contributed by atoms with E-state index in [1.165, 1.54) is 13.0 Å². The third-order valence-electron chi connectivity index (χ3n) is 2.55. The third kappa shape index (κ3) is 0.696. The van der Waals surface area contributed by atoms with Crippen molar-refractivity contribution in [1.29, 1.82) is 0 Å². The molecule has 4 nitrogen and oxygen atoms in total. The number of fused-ring (bicyclic) bond motifs is 1. The molecule has 0 radical (unpaired) electrons. The topological polar surface area (TPSA) is 65.4 Å². The molecule has 1 aliphatic carbocycles. The summed E-state index contributed by atoms with van der Waals surface area (Å²) in [6.45, 7) is 4.88. The number of nitrogens with zero attached hydrogens (tertiary/aromatic N) is 1. The highest BCUT2D eigenvalue weighted by Gasteiger charge is 2.69. The molecule has 4 unspecified atom stereocenters. The van der Waals surface area contributed by atoms with Crippen LogP contribution < -0.4 is 0 Å².